The van der Waals surface area contributed by atoms with Crippen LogP contribution in [0.25, 0.3) is 0 Å². The van der Waals surface area contributed by atoms with Crippen LogP contribution in [0, 0.1) is 0 Å². The van der Waals surface area contributed by atoms with Crippen molar-refractivity contribution in [2.75, 3.05) is 37.7 Å². The summed E-state index contributed by atoms with van der Waals surface area (Å²) in [7, 11) is -2.84. The van der Waals surface area contributed by atoms with Crippen molar-refractivity contribution in [2.45, 2.75) is 45.1 Å². The van der Waals surface area contributed by atoms with Crippen molar-refractivity contribution < 1.29 is 13.2 Å². The molecule has 0 aromatic rings. The quantitative estimate of drug-likeness (QED) is 0.701. The van der Waals surface area contributed by atoms with Crippen LogP contribution in [0.3, 0.4) is 0 Å². The van der Waals surface area contributed by atoms with E-state index < -0.39 is 9.84 Å². The molecule has 2 aliphatic rings. The fourth-order valence-electron chi connectivity index (χ4n) is 3.09. The van der Waals surface area contributed by atoms with E-state index >= 15 is 0 Å². The van der Waals surface area contributed by atoms with Crippen LogP contribution < -0.4 is 0 Å². The summed E-state index contributed by atoms with van der Waals surface area (Å²) in [5, 5.41) is 0. The van der Waals surface area contributed by atoms with Crippen LogP contribution in [0.4, 0.5) is 0 Å². The van der Waals surface area contributed by atoms with Crippen LogP contribution in [0.2, 0.25) is 0 Å². The second-order valence-electron chi connectivity index (χ2n) is 5.93. The number of carbonyl (C=O) groups excluding carboxylic acids is 1. The van der Waals surface area contributed by atoms with Gasteiger partial charge in [0.2, 0.25) is 5.91 Å². The van der Waals surface area contributed by atoms with Crippen LogP contribution in [0.5, 0.6) is 0 Å². The molecule has 2 rings (SSSR count). The maximum Gasteiger partial charge on any atom is 0.222 e. The number of nitrogens with zero attached hydrogens (tertiary/aromatic N) is 2. The second-order valence-corrected chi connectivity index (χ2v) is 8.16. The molecule has 0 radical (unpaired) electrons. The highest BCUT2D eigenvalue weighted by Gasteiger charge is 2.32. The molecule has 0 N–H and O–H groups in total. The third-order valence-corrected chi connectivity index (χ3v) is 6.10. The molecule has 1 atom stereocenters. The minimum Gasteiger partial charge on any atom is -0.341 e. The molecule has 0 aliphatic carbocycles. The first-order chi connectivity index (χ1) is 9.52. The second kappa shape index (κ2) is 6.89. The summed E-state index contributed by atoms with van der Waals surface area (Å²) in [5.41, 5.74) is 0. The predicted molar refractivity (Wildman–Crippen MR) is 79.4 cm³/mol. The summed E-state index contributed by atoms with van der Waals surface area (Å²) in [4.78, 5) is 15.8. The highest BCUT2D eigenvalue weighted by atomic mass is 32.2. The molecule has 0 bridgehead atoms. The Labute approximate surface area is 122 Å². The third kappa shape index (κ3) is 4.19. The lowest BCUT2D eigenvalue weighted by atomic mass is 10.2. The van der Waals surface area contributed by atoms with Gasteiger partial charge in [-0.3, -0.25) is 9.69 Å². The van der Waals surface area contributed by atoms with Gasteiger partial charge in [-0.25, -0.2) is 8.42 Å². The first-order valence-electron chi connectivity index (χ1n) is 7.74. The Morgan fingerprint density at radius 1 is 1.35 bits per heavy atom. The summed E-state index contributed by atoms with van der Waals surface area (Å²) in [5.74, 6) is 0.868. The van der Waals surface area contributed by atoms with Crippen molar-refractivity contribution in [1.29, 1.82) is 0 Å². The lowest BCUT2D eigenvalue weighted by Gasteiger charge is -2.29. The highest BCUT2D eigenvalue weighted by Crippen LogP contribution is 2.19. The fraction of sp³-hybridized carbons (Fsp3) is 0.929. The normalized spacial score (nSPS) is 25.8. The molecule has 1 amide bonds. The van der Waals surface area contributed by atoms with Crippen molar-refractivity contribution in [1.82, 2.24) is 9.80 Å². The van der Waals surface area contributed by atoms with Crippen molar-refractivity contribution in [3.05, 3.63) is 0 Å². The van der Waals surface area contributed by atoms with E-state index in [0.29, 0.717) is 17.9 Å². The molecule has 20 heavy (non-hydrogen) atoms. The van der Waals surface area contributed by atoms with Crippen LogP contribution in [-0.2, 0) is 14.6 Å². The molecular weight excluding hydrogens is 276 g/mol. The molecule has 6 heteroatoms. The van der Waals surface area contributed by atoms with E-state index in [4.69, 9.17) is 0 Å². The molecule has 0 saturated carbocycles. The smallest absolute Gasteiger partial charge is 0.222 e. The predicted octanol–water partition coefficient (Wildman–Crippen LogP) is 0.898. The molecule has 2 fully saturated rings. The largest absolute Gasteiger partial charge is 0.341 e. The number of likely N-dealkylation sites (tertiary alicyclic amines) is 1. The van der Waals surface area contributed by atoms with Gasteiger partial charge in [0.1, 0.15) is 0 Å². The minimum atomic E-state index is -2.84. The van der Waals surface area contributed by atoms with Crippen molar-refractivity contribution in [3.63, 3.8) is 0 Å². The first kappa shape index (κ1) is 15.8. The highest BCUT2D eigenvalue weighted by molar-refractivity contribution is 7.91. The Morgan fingerprint density at radius 3 is 2.70 bits per heavy atom. The van der Waals surface area contributed by atoms with Crippen LogP contribution in [0.1, 0.15) is 39.0 Å². The topological polar surface area (TPSA) is 57.7 Å². The fourth-order valence-corrected chi connectivity index (χ4v) is 4.85. The van der Waals surface area contributed by atoms with Crippen LogP contribution >= 0.6 is 0 Å². The van der Waals surface area contributed by atoms with E-state index in [1.54, 1.807) is 0 Å². The molecule has 116 valence electrons. The average Bonchev–Trinajstić information content (AvgIpc) is 2.96. The molecule has 0 aromatic carbocycles. The van der Waals surface area contributed by atoms with Gasteiger partial charge in [0.15, 0.2) is 9.84 Å². The van der Waals surface area contributed by atoms with Gasteiger partial charge in [0.05, 0.1) is 11.5 Å². The summed E-state index contributed by atoms with van der Waals surface area (Å²) in [6, 6.07) is 0.157. The van der Waals surface area contributed by atoms with Gasteiger partial charge in [-0.2, -0.15) is 0 Å². The molecule has 2 saturated heterocycles. The number of hydrogen-bond donors (Lipinski definition) is 0. The summed E-state index contributed by atoms with van der Waals surface area (Å²) in [6.07, 6.45) is 4.58. The van der Waals surface area contributed by atoms with E-state index in [0.717, 1.165) is 51.9 Å². The first-order valence-corrected chi connectivity index (χ1v) is 9.56. The lowest BCUT2D eigenvalue weighted by Crippen LogP contribution is -2.42. The van der Waals surface area contributed by atoms with Gasteiger partial charge in [-0.1, -0.05) is 13.3 Å². The van der Waals surface area contributed by atoms with Gasteiger partial charge in [-0.15, -0.1) is 0 Å². The molecule has 2 heterocycles. The van der Waals surface area contributed by atoms with Crippen LogP contribution in [-0.4, -0.2) is 67.9 Å². The zero-order valence-electron chi connectivity index (χ0n) is 12.4. The Bertz CT molecular complexity index is 436. The van der Waals surface area contributed by atoms with E-state index in [9.17, 15) is 13.2 Å². The van der Waals surface area contributed by atoms with E-state index in [2.05, 4.69) is 11.8 Å². The van der Waals surface area contributed by atoms with Gasteiger partial charge < -0.3 is 4.90 Å². The van der Waals surface area contributed by atoms with Gasteiger partial charge in [-0.05, 0) is 25.8 Å². The van der Waals surface area contributed by atoms with Gasteiger partial charge in [0, 0.05) is 32.1 Å². The Hall–Kier alpha value is -0.620. The summed E-state index contributed by atoms with van der Waals surface area (Å²) >= 11 is 0. The maximum atomic E-state index is 11.6. The van der Waals surface area contributed by atoms with Crippen molar-refractivity contribution >= 4 is 15.7 Å². The van der Waals surface area contributed by atoms with Crippen molar-refractivity contribution in [3.8, 4) is 0 Å². The Kier molecular flexibility index (Phi) is 5.43. The molecule has 5 nitrogen and oxygen atoms in total. The monoisotopic (exact) mass is 302 g/mol. The molecule has 0 aromatic heterocycles. The molecule has 2 aliphatic heterocycles. The Balaban J connectivity index is 1.88. The van der Waals surface area contributed by atoms with E-state index in [-0.39, 0.29) is 11.9 Å². The number of rotatable bonds is 7. The van der Waals surface area contributed by atoms with Gasteiger partial charge in [0.25, 0.3) is 0 Å². The Morgan fingerprint density at radius 2 is 2.15 bits per heavy atom. The SMILES string of the molecule is CCCCN(CCN1CCCC1=O)[C@@H]1CCS(=O)(=O)C1. The lowest BCUT2D eigenvalue weighted by molar-refractivity contribution is -0.127. The minimum absolute atomic E-state index is 0.157. The van der Waals surface area contributed by atoms with Crippen molar-refractivity contribution in [2.24, 2.45) is 0 Å². The average molecular weight is 302 g/mol. The van der Waals surface area contributed by atoms with Crippen LogP contribution in [0.15, 0.2) is 0 Å². The zero-order valence-corrected chi connectivity index (χ0v) is 13.2. The van der Waals surface area contributed by atoms with Gasteiger partial charge >= 0.3 is 0 Å². The van der Waals surface area contributed by atoms with E-state index in [1.165, 1.54) is 0 Å². The zero-order chi connectivity index (χ0) is 14.6. The summed E-state index contributed by atoms with van der Waals surface area (Å²) < 4.78 is 23.3. The number of unbranched alkanes of at least 4 members (excludes halogenated alkanes) is 1. The summed E-state index contributed by atoms with van der Waals surface area (Å²) in [6.45, 7) is 5.51. The number of hydrogen-bond acceptors (Lipinski definition) is 4. The van der Waals surface area contributed by atoms with E-state index in [1.807, 2.05) is 4.90 Å². The third-order valence-electron chi connectivity index (χ3n) is 4.35. The number of sulfone groups is 1. The maximum absolute atomic E-state index is 11.6. The number of carbonyl (C=O) groups is 1. The molecule has 0 unspecified atom stereocenters. The molecule has 0 spiro atoms. The molecular formula is C14H26N2O3S. The standard InChI is InChI=1S/C14H26N2O3S/c1-2-3-7-15(13-6-11-20(18,19)12-13)9-10-16-8-4-5-14(16)17/h13H,2-12H2,1H3/t13-/m1/s1. The number of amides is 1.